The van der Waals surface area contributed by atoms with Gasteiger partial charge in [0.25, 0.3) is 0 Å². The molecule has 13 aromatic rings. The van der Waals surface area contributed by atoms with Crippen LogP contribution in [0.5, 0.6) is 0 Å². The molecule has 14 heterocycles. The molecule has 0 unspecified atom stereocenters. The van der Waals surface area contributed by atoms with Crippen LogP contribution in [-0.4, -0.2) is 105 Å². The van der Waals surface area contributed by atoms with Gasteiger partial charge in [0.1, 0.15) is 29.1 Å². The number of anilines is 4. The molecule has 1 saturated carbocycles. The Morgan fingerprint density at radius 3 is 1.30 bits per heavy atom. The minimum Gasteiger partial charge on any atom is -0.381 e. The first-order valence-corrected chi connectivity index (χ1v) is 36.2. The number of aryl methyl sites for hydroxylation is 2. The second kappa shape index (κ2) is 33.5. The van der Waals surface area contributed by atoms with Crippen molar-refractivity contribution in [3.63, 3.8) is 0 Å². The molecule has 0 spiro atoms. The second-order valence-corrected chi connectivity index (χ2v) is 27.0. The number of pyridine rings is 4. The first-order chi connectivity index (χ1) is 49.9. The van der Waals surface area contributed by atoms with Gasteiger partial charge >= 0.3 is 0 Å². The van der Waals surface area contributed by atoms with Crippen LogP contribution < -0.4 is 35.5 Å². The number of hydrogen-bond donors (Lipinski definition) is 7. The Labute approximate surface area is 605 Å². The summed E-state index contributed by atoms with van der Waals surface area (Å²) in [7, 11) is 0. The van der Waals surface area contributed by atoms with Crippen LogP contribution in [0.1, 0.15) is 140 Å². The molecule has 0 atom stereocenters. The third-order valence-corrected chi connectivity index (χ3v) is 19.5. The molecule has 0 amide bonds. The van der Waals surface area contributed by atoms with Gasteiger partial charge in [0.15, 0.2) is 22.6 Å². The fourth-order valence-electron chi connectivity index (χ4n) is 12.9. The molecule has 2 aliphatic heterocycles. The number of nitrogens with one attached hydrogen (secondary N) is 4. The summed E-state index contributed by atoms with van der Waals surface area (Å²) in [6, 6.07) is 29.9. The maximum absolute atomic E-state index is 14.3. The number of ether oxygens (including phenoxy) is 2. The number of benzene rings is 1. The number of nitrogens with zero attached hydrogens (tertiary/aromatic N) is 16. The fourth-order valence-corrected chi connectivity index (χ4v) is 13.6. The first-order valence-electron chi connectivity index (χ1n) is 34.6. The lowest BCUT2D eigenvalue weighted by Gasteiger charge is -2.22. The predicted octanol–water partition coefficient (Wildman–Crippen LogP) is 12.6. The van der Waals surface area contributed by atoms with E-state index in [1.165, 1.54) is 49.4 Å². The summed E-state index contributed by atoms with van der Waals surface area (Å²) in [5.74, 6) is 4.55. The van der Waals surface area contributed by atoms with Crippen LogP contribution in [0.3, 0.4) is 0 Å². The molecule has 1 aromatic carbocycles. The van der Waals surface area contributed by atoms with Gasteiger partial charge in [0.05, 0.1) is 39.4 Å². The van der Waals surface area contributed by atoms with Gasteiger partial charge in [-0.15, -0.1) is 0 Å². The van der Waals surface area contributed by atoms with Gasteiger partial charge in [-0.2, -0.15) is 38.5 Å². The molecule has 3 aliphatic rings. The Bertz CT molecular complexity index is 4960. The van der Waals surface area contributed by atoms with E-state index in [-0.39, 0.29) is 5.82 Å². The predicted molar refractivity (Wildman–Crippen MR) is 388 cm³/mol. The standard InChI is InChI=1S/C20H19FN5O.C20H26N5O.C17H19BrN5O2.C17H18BrN5O/c1-2-15-12-23-26-19(22-11-14-6-5-9-25(27)13-14)10-18(24-20(15)26)16-7-3-4-8-17(16)21;1-2-16-13-22-25-19(21-12-15-7-6-10-24(26)14-15)11-18(23-20(16)25)17-8-4-3-5-9-17;18-14-10-20-23-16(19-9-12-2-1-5-22(24)11-12)8-15(21-17(14)23)13-3-6-25-7-4-13;18-14-11-21-23-16(20-10-12-2-1-5-19-9-12)8-15(22-17(14)23)13-3-6-24-7-4-13/h3-10,12-13,22,27H,2,11H2,1H3;6-7,10-11,13-14,17,21,26H,2-5,8-9,12H2,1H3;1-2,5,8,10-11,13,19,24H,3-4,6-7,9H2;1-2,5,8-9,11,13,20H,3-4,6-7,10H2/q3*+1;. The Hall–Kier alpha value is -10.3. The smallest absolute Gasteiger partial charge is 0.227 e. The number of aromatic nitrogens is 16. The number of fused-ring (bicyclic) bond motifs is 4. The van der Waals surface area contributed by atoms with Crippen LogP contribution in [0, 0.1) is 5.82 Å². The fraction of sp³-hybridized carbons (Fsp3) is 0.324. The van der Waals surface area contributed by atoms with E-state index in [1.54, 1.807) is 107 Å². The Kier molecular flexibility index (Phi) is 23.0. The van der Waals surface area contributed by atoms with Crippen molar-refractivity contribution in [3.05, 3.63) is 237 Å². The molecule has 3 fully saturated rings. The molecule has 2 saturated heterocycles. The van der Waals surface area contributed by atoms with E-state index in [9.17, 15) is 20.0 Å². The Morgan fingerprint density at radius 2 is 0.863 bits per heavy atom. The van der Waals surface area contributed by atoms with Gasteiger partial charge in [0, 0.05) is 190 Å². The molecular weight excluding hydrogens is 1430 g/mol. The molecule has 28 heteroatoms. The van der Waals surface area contributed by atoms with Crippen molar-refractivity contribution >= 4 is 77.7 Å². The van der Waals surface area contributed by atoms with Crippen molar-refractivity contribution in [3.8, 4) is 11.3 Å². The van der Waals surface area contributed by atoms with Crippen molar-refractivity contribution in [2.45, 2.75) is 128 Å². The van der Waals surface area contributed by atoms with Gasteiger partial charge in [-0.1, -0.05) is 51.3 Å². The zero-order valence-electron chi connectivity index (χ0n) is 56.8. The van der Waals surface area contributed by atoms with Gasteiger partial charge < -0.3 is 30.7 Å². The molecule has 12 aromatic heterocycles. The summed E-state index contributed by atoms with van der Waals surface area (Å²) in [6.07, 6.45) is 32.7. The van der Waals surface area contributed by atoms with E-state index >= 15 is 0 Å². The Balaban J connectivity index is 0.000000121. The van der Waals surface area contributed by atoms with Crippen LogP contribution >= 0.6 is 31.9 Å². The molecule has 102 heavy (non-hydrogen) atoms. The van der Waals surface area contributed by atoms with Crippen LogP contribution in [0.15, 0.2) is 180 Å². The molecule has 7 N–H and O–H groups in total. The maximum Gasteiger partial charge on any atom is 0.227 e. The van der Waals surface area contributed by atoms with E-state index in [4.69, 9.17) is 24.4 Å². The largest absolute Gasteiger partial charge is 0.381 e. The third kappa shape index (κ3) is 17.2. The molecule has 1 aliphatic carbocycles. The van der Waals surface area contributed by atoms with Crippen molar-refractivity contribution in [2.75, 3.05) is 47.7 Å². The molecule has 25 nitrogen and oxygen atoms in total. The SMILES string of the molecule is Brc1cnn2c(NCc3cccnc3)cc(C3CCOCC3)nc12.CCc1cnn2c(NCc3ccc[n+](O)c3)cc(-c3ccccc3F)nc12.CCc1cnn2c(NCc3ccc[n+](O)c3)cc(C3CCCCC3)nc12.O[n+]1cccc(CNc2cc(C3CCOCC3)nc3c(Br)cnn23)c1. The number of halogens is 3. The van der Waals surface area contributed by atoms with E-state index in [1.807, 2.05) is 58.7 Å². The lowest BCUT2D eigenvalue weighted by molar-refractivity contribution is -0.905. The lowest BCUT2D eigenvalue weighted by atomic mass is 9.87. The van der Waals surface area contributed by atoms with E-state index in [2.05, 4.69) is 115 Å². The molecule has 0 bridgehead atoms. The highest BCUT2D eigenvalue weighted by Gasteiger charge is 2.25. The van der Waals surface area contributed by atoms with Gasteiger partial charge in [-0.05, 0) is 125 Å². The first kappa shape index (κ1) is 70.2. The summed E-state index contributed by atoms with van der Waals surface area (Å²) in [4.78, 5) is 23.4. The van der Waals surface area contributed by atoms with E-state index < -0.39 is 0 Å². The van der Waals surface area contributed by atoms with Gasteiger partial charge in [0.2, 0.25) is 37.2 Å². The summed E-state index contributed by atoms with van der Waals surface area (Å²) < 4.78 is 37.4. The zero-order valence-corrected chi connectivity index (χ0v) is 60.0. The monoisotopic (exact) mass is 1510 g/mol. The summed E-state index contributed by atoms with van der Waals surface area (Å²) in [5, 5.41) is 60.1. The van der Waals surface area contributed by atoms with E-state index in [0.717, 1.165) is 162 Å². The summed E-state index contributed by atoms with van der Waals surface area (Å²) in [5.41, 5.74) is 13.8. The normalized spacial score (nSPS) is 14.4. The molecule has 16 rings (SSSR count). The van der Waals surface area contributed by atoms with Crippen molar-refractivity contribution in [1.82, 2.24) is 63.4 Å². The van der Waals surface area contributed by atoms with Crippen LogP contribution in [0.25, 0.3) is 33.8 Å². The third-order valence-electron chi connectivity index (χ3n) is 18.4. The Morgan fingerprint density at radius 1 is 0.461 bits per heavy atom. The average Bonchev–Trinajstić information content (AvgIpc) is 1.62. The quantitative estimate of drug-likeness (QED) is 0.0311. The second-order valence-electron chi connectivity index (χ2n) is 25.3. The van der Waals surface area contributed by atoms with E-state index in [0.29, 0.717) is 66.7 Å². The molecular formula is C74H82Br2FN20O5+3. The van der Waals surface area contributed by atoms with Crippen molar-refractivity contribution < 1.29 is 43.7 Å². The van der Waals surface area contributed by atoms with Crippen molar-refractivity contribution in [1.29, 1.82) is 0 Å². The van der Waals surface area contributed by atoms with Gasteiger partial charge in [-0.25, -0.2) is 24.3 Å². The highest BCUT2D eigenvalue weighted by molar-refractivity contribution is 9.11. The minimum absolute atomic E-state index is 0.317. The topological polar surface area (TPSA) is 273 Å². The highest BCUT2D eigenvalue weighted by Crippen LogP contribution is 2.35. The molecule has 0 radical (unpaired) electrons. The van der Waals surface area contributed by atoms with Crippen LogP contribution in [0.4, 0.5) is 27.7 Å². The number of hydrogen-bond acceptors (Lipinski definition) is 18. The lowest BCUT2D eigenvalue weighted by Crippen LogP contribution is -2.29. The molecule has 526 valence electrons. The summed E-state index contributed by atoms with van der Waals surface area (Å²) >= 11 is 7.08. The minimum atomic E-state index is -0.317. The maximum atomic E-state index is 14.3. The number of rotatable bonds is 18. The van der Waals surface area contributed by atoms with Crippen LogP contribution in [-0.2, 0) is 48.5 Å². The van der Waals surface area contributed by atoms with Crippen LogP contribution in [0.2, 0.25) is 0 Å². The van der Waals surface area contributed by atoms with Crippen molar-refractivity contribution in [2.24, 2.45) is 0 Å². The zero-order chi connectivity index (χ0) is 70.3. The highest BCUT2D eigenvalue weighted by atomic mass is 79.9. The van der Waals surface area contributed by atoms with Gasteiger partial charge in [-0.3, -0.25) is 20.6 Å². The summed E-state index contributed by atoms with van der Waals surface area (Å²) in [6.45, 7) is 9.69. The average molecular weight is 1510 g/mol.